The Bertz CT molecular complexity index is 569. The highest BCUT2D eigenvalue weighted by Crippen LogP contribution is 2.26. The molecule has 2 aliphatic rings. The van der Waals surface area contributed by atoms with E-state index in [0.29, 0.717) is 43.8 Å². The number of hydrogen-bond donors (Lipinski definition) is 1. The molecule has 1 saturated carbocycles. The Hall–Kier alpha value is -1.63. The minimum atomic E-state index is 0.00116. The van der Waals surface area contributed by atoms with E-state index in [2.05, 4.69) is 29.3 Å². The summed E-state index contributed by atoms with van der Waals surface area (Å²) >= 11 is 0. The molecule has 7 nitrogen and oxygen atoms in total. The SMILES string of the molecule is CC(C)CNC(=O)N1CCC(c2nc(CCOCC3CCCC3)no2)C1. The number of urea groups is 1. The molecule has 1 N–H and O–H groups in total. The number of nitrogens with zero attached hydrogens (tertiary/aromatic N) is 3. The first kappa shape index (κ1) is 19.1. The quantitative estimate of drug-likeness (QED) is 0.717. The summed E-state index contributed by atoms with van der Waals surface area (Å²) in [5, 5.41) is 7.04. The van der Waals surface area contributed by atoms with E-state index in [1.54, 1.807) is 0 Å². The van der Waals surface area contributed by atoms with Gasteiger partial charge in [-0.2, -0.15) is 4.98 Å². The standard InChI is InChI=1S/C19H32N4O3/c1-14(2)11-20-19(24)23-9-7-16(12-23)18-21-17(22-26-18)8-10-25-13-15-5-3-4-6-15/h14-16H,3-13H2,1-2H3,(H,20,24). The molecular weight excluding hydrogens is 332 g/mol. The van der Waals surface area contributed by atoms with Crippen LogP contribution in [0.15, 0.2) is 4.52 Å². The summed E-state index contributed by atoms with van der Waals surface area (Å²) in [6.45, 7) is 7.75. The highest BCUT2D eigenvalue weighted by molar-refractivity contribution is 5.74. The summed E-state index contributed by atoms with van der Waals surface area (Å²) in [6.07, 6.45) is 6.84. The predicted octanol–water partition coefficient (Wildman–Crippen LogP) is 2.97. The van der Waals surface area contributed by atoms with Crippen molar-refractivity contribution in [1.82, 2.24) is 20.4 Å². The molecule has 1 saturated heterocycles. The van der Waals surface area contributed by atoms with E-state index in [1.165, 1.54) is 25.7 Å². The van der Waals surface area contributed by atoms with Gasteiger partial charge in [0, 0.05) is 32.7 Å². The maximum absolute atomic E-state index is 12.1. The second-order valence-electron chi connectivity index (χ2n) is 8.04. The zero-order chi connectivity index (χ0) is 18.4. The van der Waals surface area contributed by atoms with Gasteiger partial charge in [-0.3, -0.25) is 0 Å². The molecule has 2 amide bonds. The van der Waals surface area contributed by atoms with Gasteiger partial charge in [0.2, 0.25) is 5.89 Å². The Balaban J connectivity index is 1.38. The molecule has 26 heavy (non-hydrogen) atoms. The van der Waals surface area contributed by atoms with Crippen molar-refractivity contribution in [3.8, 4) is 0 Å². The molecule has 1 aromatic rings. The van der Waals surface area contributed by atoms with Crippen LogP contribution in [0.2, 0.25) is 0 Å². The highest BCUT2D eigenvalue weighted by Gasteiger charge is 2.31. The zero-order valence-corrected chi connectivity index (χ0v) is 16.1. The fourth-order valence-electron chi connectivity index (χ4n) is 3.67. The topological polar surface area (TPSA) is 80.5 Å². The molecule has 1 aromatic heterocycles. The maximum atomic E-state index is 12.1. The smallest absolute Gasteiger partial charge is 0.317 e. The molecule has 1 aliphatic carbocycles. The third-order valence-corrected chi connectivity index (χ3v) is 5.27. The van der Waals surface area contributed by atoms with Gasteiger partial charge in [0.05, 0.1) is 12.5 Å². The molecule has 2 heterocycles. The minimum Gasteiger partial charge on any atom is -0.381 e. The van der Waals surface area contributed by atoms with Crippen molar-refractivity contribution in [3.05, 3.63) is 11.7 Å². The second-order valence-corrected chi connectivity index (χ2v) is 8.04. The molecular formula is C19H32N4O3. The largest absolute Gasteiger partial charge is 0.381 e. The molecule has 0 spiro atoms. The molecule has 1 unspecified atom stereocenters. The molecule has 1 atom stereocenters. The van der Waals surface area contributed by atoms with Crippen LogP contribution in [0.25, 0.3) is 0 Å². The molecule has 2 fully saturated rings. The van der Waals surface area contributed by atoms with E-state index in [0.717, 1.165) is 25.5 Å². The molecule has 3 rings (SSSR count). The van der Waals surface area contributed by atoms with Gasteiger partial charge in [0.25, 0.3) is 0 Å². The van der Waals surface area contributed by atoms with E-state index in [-0.39, 0.29) is 11.9 Å². The summed E-state index contributed by atoms with van der Waals surface area (Å²) in [5.41, 5.74) is 0. The van der Waals surface area contributed by atoms with Gasteiger partial charge in [0.15, 0.2) is 5.82 Å². The van der Waals surface area contributed by atoms with Gasteiger partial charge in [0.1, 0.15) is 0 Å². The van der Waals surface area contributed by atoms with Crippen LogP contribution in [0.5, 0.6) is 0 Å². The normalized spacial score (nSPS) is 21.0. The van der Waals surface area contributed by atoms with Crippen molar-refractivity contribution in [1.29, 1.82) is 0 Å². The van der Waals surface area contributed by atoms with Gasteiger partial charge in [-0.1, -0.05) is 31.8 Å². The molecule has 0 radical (unpaired) electrons. The maximum Gasteiger partial charge on any atom is 0.317 e. The van der Waals surface area contributed by atoms with E-state index < -0.39 is 0 Å². The number of likely N-dealkylation sites (tertiary alicyclic amines) is 1. The lowest BCUT2D eigenvalue weighted by atomic mass is 10.1. The lowest BCUT2D eigenvalue weighted by Gasteiger charge is -2.17. The Morgan fingerprint density at radius 1 is 1.35 bits per heavy atom. The van der Waals surface area contributed by atoms with Crippen molar-refractivity contribution >= 4 is 6.03 Å². The van der Waals surface area contributed by atoms with Crippen molar-refractivity contribution in [3.63, 3.8) is 0 Å². The third-order valence-electron chi connectivity index (χ3n) is 5.27. The number of aromatic nitrogens is 2. The first-order chi connectivity index (χ1) is 12.6. The number of nitrogens with one attached hydrogen (secondary N) is 1. The molecule has 0 bridgehead atoms. The van der Waals surface area contributed by atoms with Crippen molar-refractivity contribution < 1.29 is 14.1 Å². The Morgan fingerprint density at radius 2 is 2.15 bits per heavy atom. The van der Waals surface area contributed by atoms with Crippen LogP contribution in [0.1, 0.15) is 63.6 Å². The van der Waals surface area contributed by atoms with E-state index >= 15 is 0 Å². The molecule has 146 valence electrons. The Morgan fingerprint density at radius 3 is 2.92 bits per heavy atom. The Kier molecular flexibility index (Phi) is 6.88. The summed E-state index contributed by atoms with van der Waals surface area (Å²) in [4.78, 5) is 18.5. The molecule has 1 aliphatic heterocycles. The Labute approximate surface area is 155 Å². The lowest BCUT2D eigenvalue weighted by molar-refractivity contribution is 0.102. The van der Waals surface area contributed by atoms with Crippen molar-refractivity contribution in [2.24, 2.45) is 11.8 Å². The number of carbonyl (C=O) groups excluding carboxylic acids is 1. The van der Waals surface area contributed by atoms with Crippen LogP contribution in [0.3, 0.4) is 0 Å². The average Bonchev–Trinajstić information content (AvgIpc) is 3.37. The first-order valence-corrected chi connectivity index (χ1v) is 10.0. The predicted molar refractivity (Wildman–Crippen MR) is 97.9 cm³/mol. The third kappa shape index (κ3) is 5.43. The minimum absolute atomic E-state index is 0.00116. The van der Waals surface area contributed by atoms with Gasteiger partial charge in [-0.15, -0.1) is 0 Å². The van der Waals surface area contributed by atoms with Gasteiger partial charge in [-0.05, 0) is 31.1 Å². The van der Waals surface area contributed by atoms with Crippen LogP contribution >= 0.6 is 0 Å². The van der Waals surface area contributed by atoms with E-state index in [4.69, 9.17) is 9.26 Å². The summed E-state index contributed by atoms with van der Waals surface area (Å²) in [7, 11) is 0. The van der Waals surface area contributed by atoms with Gasteiger partial charge < -0.3 is 19.5 Å². The number of amides is 2. The fraction of sp³-hybridized carbons (Fsp3) is 0.842. The lowest BCUT2D eigenvalue weighted by Crippen LogP contribution is -2.39. The van der Waals surface area contributed by atoms with Crippen LogP contribution in [-0.2, 0) is 11.2 Å². The summed E-state index contributed by atoms with van der Waals surface area (Å²) in [6, 6.07) is 0.00116. The van der Waals surface area contributed by atoms with E-state index in [9.17, 15) is 4.79 Å². The monoisotopic (exact) mass is 364 g/mol. The highest BCUT2D eigenvalue weighted by atomic mass is 16.5. The van der Waals surface area contributed by atoms with Crippen LogP contribution in [0, 0.1) is 11.8 Å². The van der Waals surface area contributed by atoms with Crippen molar-refractivity contribution in [2.45, 2.75) is 58.3 Å². The van der Waals surface area contributed by atoms with Gasteiger partial charge >= 0.3 is 6.03 Å². The van der Waals surface area contributed by atoms with Gasteiger partial charge in [-0.25, -0.2) is 4.79 Å². The number of carbonyl (C=O) groups is 1. The van der Waals surface area contributed by atoms with Crippen molar-refractivity contribution in [2.75, 3.05) is 32.8 Å². The number of rotatable bonds is 8. The van der Waals surface area contributed by atoms with Crippen LogP contribution < -0.4 is 5.32 Å². The molecule has 7 heteroatoms. The fourth-order valence-corrected chi connectivity index (χ4v) is 3.67. The average molecular weight is 364 g/mol. The summed E-state index contributed by atoms with van der Waals surface area (Å²) < 4.78 is 11.2. The number of hydrogen-bond acceptors (Lipinski definition) is 5. The second kappa shape index (κ2) is 9.35. The summed E-state index contributed by atoms with van der Waals surface area (Å²) in [5.74, 6) is 2.68. The zero-order valence-electron chi connectivity index (χ0n) is 16.1. The first-order valence-electron chi connectivity index (χ1n) is 10.0. The van der Waals surface area contributed by atoms with Crippen LogP contribution in [-0.4, -0.2) is 53.9 Å². The van der Waals surface area contributed by atoms with E-state index in [1.807, 2.05) is 4.90 Å². The number of ether oxygens (including phenoxy) is 1. The molecule has 0 aromatic carbocycles. The van der Waals surface area contributed by atoms with Crippen LogP contribution in [0.4, 0.5) is 4.79 Å².